The van der Waals surface area contributed by atoms with Crippen LogP contribution in [0.3, 0.4) is 0 Å². The van der Waals surface area contributed by atoms with Crippen molar-refractivity contribution in [3.63, 3.8) is 0 Å². The summed E-state index contributed by atoms with van der Waals surface area (Å²) in [6, 6.07) is 6.38. The van der Waals surface area contributed by atoms with Gasteiger partial charge in [-0.1, -0.05) is 32.0 Å². The first-order valence-electron chi connectivity index (χ1n) is 7.88. The van der Waals surface area contributed by atoms with Gasteiger partial charge in [-0.2, -0.15) is 0 Å². The Morgan fingerprint density at radius 3 is 2.81 bits per heavy atom. The molecule has 0 aromatic heterocycles. The van der Waals surface area contributed by atoms with Gasteiger partial charge in [0.25, 0.3) is 0 Å². The van der Waals surface area contributed by atoms with Crippen molar-refractivity contribution in [2.24, 2.45) is 5.41 Å². The quantitative estimate of drug-likeness (QED) is 0.872. The zero-order valence-electron chi connectivity index (χ0n) is 12.9. The maximum absolute atomic E-state index is 12.1. The lowest BCUT2D eigenvalue weighted by molar-refractivity contribution is -0.122. The number of benzene rings is 1. The van der Waals surface area contributed by atoms with Crippen LogP contribution < -0.4 is 10.6 Å². The molecule has 21 heavy (non-hydrogen) atoms. The standard InChI is InChI=1S/C17H24N2O2/c1-3-17(4-2)11-19-16(20)15(17)18-8-12-5-6-13-9-21-10-14(13)7-12/h5-7,15,18H,3-4,8-11H2,1-2H3,(H,19,20). The minimum atomic E-state index is -0.0861. The maximum atomic E-state index is 12.1. The third-order valence-electron chi connectivity index (χ3n) is 5.19. The van der Waals surface area contributed by atoms with Crippen molar-refractivity contribution in [2.45, 2.75) is 52.5 Å². The van der Waals surface area contributed by atoms with Crippen LogP contribution in [-0.4, -0.2) is 18.5 Å². The second-order valence-electron chi connectivity index (χ2n) is 6.20. The lowest BCUT2D eigenvalue weighted by Crippen LogP contribution is -2.45. The predicted molar refractivity (Wildman–Crippen MR) is 81.6 cm³/mol. The van der Waals surface area contributed by atoms with Crippen molar-refractivity contribution >= 4 is 5.91 Å². The second kappa shape index (κ2) is 5.78. The first-order chi connectivity index (χ1) is 10.2. The van der Waals surface area contributed by atoms with E-state index in [1.54, 1.807) is 0 Å². The summed E-state index contributed by atoms with van der Waals surface area (Å²) in [7, 11) is 0. The Balaban J connectivity index is 1.70. The average molecular weight is 288 g/mol. The van der Waals surface area contributed by atoms with Gasteiger partial charge in [-0.3, -0.25) is 4.79 Å². The summed E-state index contributed by atoms with van der Waals surface area (Å²) in [5.41, 5.74) is 3.84. The first-order valence-corrected chi connectivity index (χ1v) is 7.88. The van der Waals surface area contributed by atoms with E-state index in [1.165, 1.54) is 16.7 Å². The van der Waals surface area contributed by atoms with E-state index in [2.05, 4.69) is 42.7 Å². The molecular formula is C17H24N2O2. The Labute approximate surface area is 126 Å². The molecule has 4 heteroatoms. The molecule has 0 bridgehead atoms. The number of carbonyl (C=O) groups is 1. The average Bonchev–Trinajstić information content (AvgIpc) is 3.09. The lowest BCUT2D eigenvalue weighted by Gasteiger charge is -2.31. The SMILES string of the molecule is CCC1(CC)CNC(=O)C1NCc1ccc2c(c1)COC2. The number of hydrogen-bond acceptors (Lipinski definition) is 3. The van der Waals surface area contributed by atoms with Gasteiger partial charge in [0.1, 0.15) is 0 Å². The number of fused-ring (bicyclic) bond motifs is 1. The van der Waals surface area contributed by atoms with Crippen molar-refractivity contribution in [3.8, 4) is 0 Å². The van der Waals surface area contributed by atoms with Crippen molar-refractivity contribution in [3.05, 3.63) is 34.9 Å². The zero-order chi connectivity index (χ0) is 14.9. The summed E-state index contributed by atoms with van der Waals surface area (Å²) in [6.07, 6.45) is 2.02. The molecule has 1 aromatic carbocycles. The lowest BCUT2D eigenvalue weighted by atomic mass is 9.77. The summed E-state index contributed by atoms with van der Waals surface area (Å²) < 4.78 is 5.45. The van der Waals surface area contributed by atoms with Gasteiger partial charge >= 0.3 is 0 Å². The molecule has 1 aromatic rings. The molecule has 0 radical (unpaired) electrons. The van der Waals surface area contributed by atoms with Gasteiger partial charge < -0.3 is 15.4 Å². The number of hydrogen-bond donors (Lipinski definition) is 2. The largest absolute Gasteiger partial charge is 0.372 e. The topological polar surface area (TPSA) is 50.4 Å². The van der Waals surface area contributed by atoms with Gasteiger partial charge in [-0.25, -0.2) is 0 Å². The highest BCUT2D eigenvalue weighted by molar-refractivity contribution is 5.85. The Hall–Kier alpha value is -1.39. The van der Waals surface area contributed by atoms with Gasteiger partial charge in [0.15, 0.2) is 0 Å². The molecular weight excluding hydrogens is 264 g/mol. The Bertz CT molecular complexity index is 538. The van der Waals surface area contributed by atoms with Crippen LogP contribution in [0.1, 0.15) is 43.4 Å². The van der Waals surface area contributed by atoms with Gasteiger partial charge in [-0.05, 0) is 29.5 Å². The molecule has 0 spiro atoms. The first kappa shape index (κ1) is 14.5. The Kier molecular flexibility index (Phi) is 4.00. The van der Waals surface area contributed by atoms with Crippen LogP contribution in [-0.2, 0) is 29.3 Å². The third kappa shape index (κ3) is 2.58. The predicted octanol–water partition coefficient (Wildman–Crippen LogP) is 2.11. The van der Waals surface area contributed by atoms with E-state index < -0.39 is 0 Å². The summed E-state index contributed by atoms with van der Waals surface area (Å²) in [6.45, 7) is 7.29. The summed E-state index contributed by atoms with van der Waals surface area (Å²) >= 11 is 0. The van der Waals surface area contributed by atoms with E-state index in [1.807, 2.05) is 0 Å². The van der Waals surface area contributed by atoms with Gasteiger partial charge in [0, 0.05) is 18.5 Å². The van der Waals surface area contributed by atoms with Gasteiger partial charge in [0.05, 0.1) is 19.3 Å². The molecule has 4 nitrogen and oxygen atoms in total. The van der Waals surface area contributed by atoms with Crippen LogP contribution in [0.25, 0.3) is 0 Å². The van der Waals surface area contributed by atoms with Crippen LogP contribution in [0.15, 0.2) is 18.2 Å². The molecule has 1 amide bonds. The maximum Gasteiger partial charge on any atom is 0.237 e. The fourth-order valence-corrected chi connectivity index (χ4v) is 3.52. The molecule has 114 valence electrons. The van der Waals surface area contributed by atoms with E-state index >= 15 is 0 Å². The van der Waals surface area contributed by atoms with E-state index in [0.29, 0.717) is 6.61 Å². The monoisotopic (exact) mass is 288 g/mol. The molecule has 2 aliphatic heterocycles. The van der Waals surface area contributed by atoms with Crippen LogP contribution in [0.2, 0.25) is 0 Å². The molecule has 3 rings (SSSR count). The van der Waals surface area contributed by atoms with Crippen molar-refractivity contribution in [1.82, 2.24) is 10.6 Å². The number of nitrogens with one attached hydrogen (secondary N) is 2. The molecule has 0 saturated carbocycles. The molecule has 2 heterocycles. The van der Waals surface area contributed by atoms with Gasteiger partial charge in [-0.15, -0.1) is 0 Å². The van der Waals surface area contributed by atoms with Crippen LogP contribution in [0.5, 0.6) is 0 Å². The summed E-state index contributed by atoms with van der Waals surface area (Å²) in [5, 5.41) is 6.50. The zero-order valence-corrected chi connectivity index (χ0v) is 12.9. The smallest absolute Gasteiger partial charge is 0.237 e. The highest BCUT2D eigenvalue weighted by Crippen LogP contribution is 2.34. The molecule has 2 N–H and O–H groups in total. The normalized spacial score (nSPS) is 23.1. The molecule has 2 aliphatic rings. The van der Waals surface area contributed by atoms with E-state index in [-0.39, 0.29) is 17.4 Å². The molecule has 1 unspecified atom stereocenters. The summed E-state index contributed by atoms with van der Waals surface area (Å²) in [4.78, 5) is 12.1. The fourth-order valence-electron chi connectivity index (χ4n) is 3.52. The summed E-state index contributed by atoms with van der Waals surface area (Å²) in [5.74, 6) is 0.142. The third-order valence-corrected chi connectivity index (χ3v) is 5.19. The number of rotatable bonds is 5. The Morgan fingerprint density at radius 1 is 1.29 bits per heavy atom. The van der Waals surface area contributed by atoms with E-state index in [4.69, 9.17) is 4.74 Å². The van der Waals surface area contributed by atoms with Crippen molar-refractivity contribution in [2.75, 3.05) is 6.54 Å². The number of ether oxygens (including phenoxy) is 1. The van der Waals surface area contributed by atoms with E-state index in [9.17, 15) is 4.79 Å². The molecule has 1 fully saturated rings. The van der Waals surface area contributed by atoms with Crippen LogP contribution in [0.4, 0.5) is 0 Å². The fraction of sp³-hybridized carbons (Fsp3) is 0.588. The van der Waals surface area contributed by atoms with Crippen LogP contribution in [0, 0.1) is 5.41 Å². The van der Waals surface area contributed by atoms with E-state index in [0.717, 1.165) is 32.5 Å². The molecule has 1 atom stereocenters. The number of amides is 1. The van der Waals surface area contributed by atoms with Gasteiger partial charge in [0.2, 0.25) is 5.91 Å². The molecule has 1 saturated heterocycles. The Morgan fingerprint density at radius 2 is 2.05 bits per heavy atom. The molecule has 0 aliphatic carbocycles. The highest BCUT2D eigenvalue weighted by atomic mass is 16.5. The minimum Gasteiger partial charge on any atom is -0.372 e. The van der Waals surface area contributed by atoms with Crippen molar-refractivity contribution < 1.29 is 9.53 Å². The second-order valence-corrected chi connectivity index (χ2v) is 6.20. The van der Waals surface area contributed by atoms with Crippen LogP contribution >= 0.6 is 0 Å². The number of carbonyl (C=O) groups excluding carboxylic acids is 1. The highest BCUT2D eigenvalue weighted by Gasteiger charge is 2.45. The minimum absolute atomic E-state index is 0.0525. The van der Waals surface area contributed by atoms with Crippen molar-refractivity contribution in [1.29, 1.82) is 0 Å².